The molecule has 0 spiro atoms. The molecule has 3 nitrogen and oxygen atoms in total. The standard InChI is InChI=1S/C17H31N3/c1-17(2,14-18)9-3-4-10-20-11-5-6-15(13-20)12-19-16-7-8-16/h15-16,19H,3-13H2,1-2H3. The van der Waals surface area contributed by atoms with Gasteiger partial charge in [0.25, 0.3) is 0 Å². The fourth-order valence-electron chi connectivity index (χ4n) is 3.10. The smallest absolute Gasteiger partial charge is 0.0683 e. The fourth-order valence-corrected chi connectivity index (χ4v) is 3.10. The topological polar surface area (TPSA) is 39.1 Å². The van der Waals surface area contributed by atoms with Crippen LogP contribution in [0.1, 0.15) is 58.8 Å². The summed E-state index contributed by atoms with van der Waals surface area (Å²) >= 11 is 0. The third kappa shape index (κ3) is 5.81. The van der Waals surface area contributed by atoms with Gasteiger partial charge in [-0.1, -0.05) is 6.42 Å². The number of unbranched alkanes of at least 4 members (excludes halogenated alkanes) is 1. The van der Waals surface area contributed by atoms with Crippen molar-refractivity contribution >= 4 is 0 Å². The lowest BCUT2D eigenvalue weighted by Gasteiger charge is -2.33. The molecule has 1 unspecified atom stereocenters. The van der Waals surface area contributed by atoms with Gasteiger partial charge in [-0.05, 0) is 77.9 Å². The van der Waals surface area contributed by atoms with Crippen molar-refractivity contribution in [3.63, 3.8) is 0 Å². The number of nitrogens with one attached hydrogen (secondary N) is 1. The summed E-state index contributed by atoms with van der Waals surface area (Å²) in [6.45, 7) is 9.11. The Morgan fingerprint density at radius 2 is 2.05 bits per heavy atom. The summed E-state index contributed by atoms with van der Waals surface area (Å²) in [5.74, 6) is 0.861. The molecule has 0 radical (unpaired) electrons. The Morgan fingerprint density at radius 3 is 2.75 bits per heavy atom. The normalized spacial score (nSPS) is 24.6. The maximum absolute atomic E-state index is 9.02. The van der Waals surface area contributed by atoms with Crippen molar-refractivity contribution < 1.29 is 0 Å². The zero-order valence-corrected chi connectivity index (χ0v) is 13.3. The molecular weight excluding hydrogens is 246 g/mol. The number of piperidine rings is 1. The van der Waals surface area contributed by atoms with Crippen molar-refractivity contribution in [1.29, 1.82) is 5.26 Å². The van der Waals surface area contributed by atoms with Gasteiger partial charge in [0, 0.05) is 12.6 Å². The highest BCUT2D eigenvalue weighted by molar-refractivity contribution is 4.91. The highest BCUT2D eigenvalue weighted by Crippen LogP contribution is 2.23. The van der Waals surface area contributed by atoms with E-state index in [1.165, 1.54) is 64.7 Å². The van der Waals surface area contributed by atoms with Crippen molar-refractivity contribution in [3.8, 4) is 6.07 Å². The van der Waals surface area contributed by atoms with E-state index in [-0.39, 0.29) is 5.41 Å². The van der Waals surface area contributed by atoms with Gasteiger partial charge in [-0.2, -0.15) is 5.26 Å². The van der Waals surface area contributed by atoms with Gasteiger partial charge >= 0.3 is 0 Å². The minimum atomic E-state index is -0.140. The molecular formula is C17H31N3. The number of hydrogen-bond acceptors (Lipinski definition) is 3. The van der Waals surface area contributed by atoms with Gasteiger partial charge < -0.3 is 10.2 Å². The Labute approximate surface area is 124 Å². The van der Waals surface area contributed by atoms with E-state index in [4.69, 9.17) is 5.26 Å². The Hall–Kier alpha value is -0.590. The minimum Gasteiger partial charge on any atom is -0.314 e. The van der Waals surface area contributed by atoms with Crippen molar-refractivity contribution in [2.24, 2.45) is 11.3 Å². The second-order valence-corrected chi connectivity index (χ2v) is 7.44. The Kier molecular flexibility index (Phi) is 5.86. The number of likely N-dealkylation sites (tertiary alicyclic amines) is 1. The van der Waals surface area contributed by atoms with Crippen LogP contribution in [-0.2, 0) is 0 Å². The summed E-state index contributed by atoms with van der Waals surface area (Å²) in [5, 5.41) is 12.7. The molecule has 2 rings (SSSR count). The quantitative estimate of drug-likeness (QED) is 0.693. The lowest BCUT2D eigenvalue weighted by atomic mass is 9.89. The summed E-state index contributed by atoms with van der Waals surface area (Å²) < 4.78 is 0. The summed E-state index contributed by atoms with van der Waals surface area (Å²) in [5.41, 5.74) is -0.140. The predicted octanol–water partition coefficient (Wildman–Crippen LogP) is 3.17. The molecule has 1 aliphatic heterocycles. The molecule has 20 heavy (non-hydrogen) atoms. The van der Waals surface area contributed by atoms with Crippen molar-refractivity contribution in [2.75, 3.05) is 26.2 Å². The van der Waals surface area contributed by atoms with Crippen LogP contribution in [0.5, 0.6) is 0 Å². The van der Waals surface area contributed by atoms with Gasteiger partial charge in [0.2, 0.25) is 0 Å². The van der Waals surface area contributed by atoms with Crippen LogP contribution in [0.4, 0.5) is 0 Å². The van der Waals surface area contributed by atoms with Crippen LogP contribution in [0.2, 0.25) is 0 Å². The molecule has 1 atom stereocenters. The summed E-state index contributed by atoms with van der Waals surface area (Å²) in [6, 6.07) is 3.24. The van der Waals surface area contributed by atoms with E-state index in [2.05, 4.69) is 16.3 Å². The largest absolute Gasteiger partial charge is 0.314 e. The van der Waals surface area contributed by atoms with Crippen LogP contribution in [0, 0.1) is 22.7 Å². The van der Waals surface area contributed by atoms with Gasteiger partial charge in [0.1, 0.15) is 0 Å². The molecule has 0 aromatic carbocycles. The molecule has 1 saturated heterocycles. The molecule has 3 heteroatoms. The zero-order valence-electron chi connectivity index (χ0n) is 13.3. The Morgan fingerprint density at radius 1 is 1.25 bits per heavy atom. The van der Waals surface area contributed by atoms with E-state index < -0.39 is 0 Å². The van der Waals surface area contributed by atoms with E-state index in [1.54, 1.807) is 0 Å². The first kappa shape index (κ1) is 15.8. The van der Waals surface area contributed by atoms with Gasteiger partial charge in [0.15, 0.2) is 0 Å². The van der Waals surface area contributed by atoms with E-state index in [0.717, 1.165) is 18.4 Å². The molecule has 1 N–H and O–H groups in total. The highest BCUT2D eigenvalue weighted by atomic mass is 15.1. The molecule has 1 saturated carbocycles. The highest BCUT2D eigenvalue weighted by Gasteiger charge is 2.24. The molecule has 0 aromatic rings. The lowest BCUT2D eigenvalue weighted by molar-refractivity contribution is 0.168. The summed E-state index contributed by atoms with van der Waals surface area (Å²) in [6.07, 6.45) is 9.01. The average molecular weight is 277 g/mol. The van der Waals surface area contributed by atoms with Crippen LogP contribution in [0.3, 0.4) is 0 Å². The first-order valence-electron chi connectivity index (χ1n) is 8.46. The van der Waals surface area contributed by atoms with Gasteiger partial charge in [0.05, 0.1) is 11.5 Å². The molecule has 2 fully saturated rings. The van der Waals surface area contributed by atoms with E-state index >= 15 is 0 Å². The zero-order chi connectivity index (χ0) is 14.4. The number of nitriles is 1. The van der Waals surface area contributed by atoms with Gasteiger partial charge in [-0.25, -0.2) is 0 Å². The number of rotatable bonds is 8. The average Bonchev–Trinajstić information content (AvgIpc) is 3.26. The third-order valence-electron chi connectivity index (χ3n) is 4.70. The van der Waals surface area contributed by atoms with E-state index in [1.807, 2.05) is 13.8 Å². The second-order valence-electron chi connectivity index (χ2n) is 7.44. The molecule has 2 aliphatic rings. The van der Waals surface area contributed by atoms with Gasteiger partial charge in [-0.15, -0.1) is 0 Å². The molecule has 1 aliphatic carbocycles. The maximum Gasteiger partial charge on any atom is 0.0683 e. The molecule has 0 amide bonds. The number of hydrogen-bond donors (Lipinski definition) is 1. The lowest BCUT2D eigenvalue weighted by Crippen LogP contribution is -2.40. The van der Waals surface area contributed by atoms with Crippen LogP contribution in [0.15, 0.2) is 0 Å². The minimum absolute atomic E-state index is 0.140. The molecule has 0 aromatic heterocycles. The molecule has 1 heterocycles. The summed E-state index contributed by atoms with van der Waals surface area (Å²) in [7, 11) is 0. The monoisotopic (exact) mass is 277 g/mol. The second kappa shape index (κ2) is 7.43. The molecule has 0 bridgehead atoms. The Bertz CT molecular complexity index is 328. The van der Waals surface area contributed by atoms with Crippen molar-refractivity contribution in [2.45, 2.75) is 64.8 Å². The third-order valence-corrected chi connectivity index (χ3v) is 4.70. The fraction of sp³-hybridized carbons (Fsp3) is 0.941. The SMILES string of the molecule is CC(C)(C#N)CCCCN1CCCC(CNC2CC2)C1. The van der Waals surface area contributed by atoms with Crippen LogP contribution < -0.4 is 5.32 Å². The van der Waals surface area contributed by atoms with Crippen LogP contribution in [0.25, 0.3) is 0 Å². The Balaban J connectivity index is 1.56. The summed E-state index contributed by atoms with van der Waals surface area (Å²) in [4.78, 5) is 2.64. The van der Waals surface area contributed by atoms with E-state index in [9.17, 15) is 0 Å². The maximum atomic E-state index is 9.02. The predicted molar refractivity (Wildman–Crippen MR) is 83.4 cm³/mol. The van der Waals surface area contributed by atoms with Gasteiger partial charge in [-0.3, -0.25) is 0 Å². The number of nitrogens with zero attached hydrogens (tertiary/aromatic N) is 2. The van der Waals surface area contributed by atoms with Crippen LogP contribution in [-0.4, -0.2) is 37.1 Å². The first-order chi connectivity index (χ1) is 9.59. The van der Waals surface area contributed by atoms with Crippen LogP contribution >= 0.6 is 0 Å². The first-order valence-corrected chi connectivity index (χ1v) is 8.46. The van der Waals surface area contributed by atoms with E-state index in [0.29, 0.717) is 0 Å². The van der Waals surface area contributed by atoms with Crippen molar-refractivity contribution in [3.05, 3.63) is 0 Å². The molecule has 114 valence electrons. The van der Waals surface area contributed by atoms with Crippen molar-refractivity contribution in [1.82, 2.24) is 10.2 Å².